The summed E-state index contributed by atoms with van der Waals surface area (Å²) in [5.74, 6) is -0.302. The minimum absolute atomic E-state index is 0.129. The minimum atomic E-state index is -3.62. The first-order valence-electron chi connectivity index (χ1n) is 6.00. The first kappa shape index (κ1) is 14.2. The van der Waals surface area contributed by atoms with Crippen LogP contribution in [0, 0.1) is 13.8 Å². The van der Waals surface area contributed by atoms with Crippen molar-refractivity contribution in [2.24, 2.45) is 0 Å². The summed E-state index contributed by atoms with van der Waals surface area (Å²) in [4.78, 5) is 11.5. The first-order valence-corrected chi connectivity index (χ1v) is 7.44. The SMILES string of the molecule is CC(=O)n1nc(C)c(S(=O)(=O)N2CCOCC2)c1C. The van der Waals surface area contributed by atoms with E-state index in [1.807, 2.05) is 0 Å². The minimum Gasteiger partial charge on any atom is -0.379 e. The number of rotatable bonds is 2. The van der Waals surface area contributed by atoms with Gasteiger partial charge in [-0.2, -0.15) is 9.40 Å². The van der Waals surface area contributed by atoms with Crippen LogP contribution < -0.4 is 0 Å². The number of aromatic nitrogens is 2. The second-order valence-corrected chi connectivity index (χ2v) is 6.32. The molecule has 19 heavy (non-hydrogen) atoms. The van der Waals surface area contributed by atoms with Gasteiger partial charge < -0.3 is 4.74 Å². The van der Waals surface area contributed by atoms with E-state index in [2.05, 4.69) is 5.10 Å². The Morgan fingerprint density at radius 2 is 1.84 bits per heavy atom. The average molecular weight is 287 g/mol. The third-order valence-electron chi connectivity index (χ3n) is 3.09. The van der Waals surface area contributed by atoms with Gasteiger partial charge in [-0.1, -0.05) is 0 Å². The number of ether oxygens (including phenoxy) is 1. The summed E-state index contributed by atoms with van der Waals surface area (Å²) < 4.78 is 32.8. The number of hydrogen-bond acceptors (Lipinski definition) is 5. The quantitative estimate of drug-likeness (QED) is 0.775. The van der Waals surface area contributed by atoms with E-state index in [1.54, 1.807) is 13.8 Å². The van der Waals surface area contributed by atoms with Gasteiger partial charge in [-0.05, 0) is 13.8 Å². The van der Waals surface area contributed by atoms with Gasteiger partial charge in [0.15, 0.2) is 0 Å². The fourth-order valence-electron chi connectivity index (χ4n) is 2.22. The number of carbonyl (C=O) groups excluding carboxylic acids is 1. The molecule has 0 unspecified atom stereocenters. The summed E-state index contributed by atoms with van der Waals surface area (Å²) in [6.07, 6.45) is 0. The lowest BCUT2D eigenvalue weighted by atomic mass is 10.4. The molecule has 2 heterocycles. The zero-order valence-corrected chi connectivity index (χ0v) is 12.0. The van der Waals surface area contributed by atoms with E-state index >= 15 is 0 Å². The monoisotopic (exact) mass is 287 g/mol. The molecule has 0 amide bonds. The van der Waals surface area contributed by atoms with E-state index in [4.69, 9.17) is 4.74 Å². The van der Waals surface area contributed by atoms with Crippen molar-refractivity contribution in [3.8, 4) is 0 Å². The molecule has 1 aliphatic rings. The van der Waals surface area contributed by atoms with Crippen LogP contribution in [0.25, 0.3) is 0 Å². The normalized spacial score (nSPS) is 17.6. The molecular weight excluding hydrogens is 270 g/mol. The molecule has 1 aromatic rings. The number of carbonyl (C=O) groups is 1. The molecule has 1 saturated heterocycles. The van der Waals surface area contributed by atoms with Crippen LogP contribution in [0.15, 0.2) is 4.90 Å². The number of morpholine rings is 1. The molecule has 1 fully saturated rings. The van der Waals surface area contributed by atoms with Gasteiger partial charge in [0.25, 0.3) is 0 Å². The van der Waals surface area contributed by atoms with Gasteiger partial charge in [-0.3, -0.25) is 4.79 Å². The number of nitrogens with zero attached hydrogens (tertiary/aromatic N) is 3. The second kappa shape index (κ2) is 5.03. The zero-order chi connectivity index (χ0) is 14.2. The highest BCUT2D eigenvalue weighted by Gasteiger charge is 2.32. The maximum Gasteiger partial charge on any atom is 0.246 e. The molecule has 7 nitrogen and oxygen atoms in total. The standard InChI is InChI=1S/C11H17N3O4S/c1-8-11(9(2)14(12-8)10(3)15)19(16,17)13-4-6-18-7-5-13/h4-7H2,1-3H3. The Kier molecular flexibility index (Phi) is 3.75. The van der Waals surface area contributed by atoms with Crippen LogP contribution in [0.3, 0.4) is 0 Å². The Balaban J connectivity index is 2.48. The molecule has 0 saturated carbocycles. The third-order valence-corrected chi connectivity index (χ3v) is 5.24. The Morgan fingerprint density at radius 1 is 1.26 bits per heavy atom. The van der Waals surface area contributed by atoms with Crippen molar-refractivity contribution < 1.29 is 17.9 Å². The topological polar surface area (TPSA) is 81.5 Å². The second-order valence-electron chi connectivity index (χ2n) is 4.45. The van der Waals surface area contributed by atoms with Gasteiger partial charge in [0.1, 0.15) is 4.90 Å². The van der Waals surface area contributed by atoms with Crippen LogP contribution in [0.5, 0.6) is 0 Å². The lowest BCUT2D eigenvalue weighted by Gasteiger charge is -2.26. The molecule has 0 N–H and O–H groups in total. The van der Waals surface area contributed by atoms with Crippen LogP contribution in [-0.2, 0) is 14.8 Å². The molecule has 8 heteroatoms. The molecule has 106 valence electrons. The van der Waals surface area contributed by atoms with Crippen molar-refractivity contribution >= 4 is 15.9 Å². The Morgan fingerprint density at radius 3 is 2.32 bits per heavy atom. The number of hydrogen-bond donors (Lipinski definition) is 0. The average Bonchev–Trinajstić information content (AvgIpc) is 2.66. The van der Waals surface area contributed by atoms with E-state index in [0.29, 0.717) is 37.7 Å². The van der Waals surface area contributed by atoms with Crippen molar-refractivity contribution in [2.75, 3.05) is 26.3 Å². The summed E-state index contributed by atoms with van der Waals surface area (Å²) in [7, 11) is -3.62. The van der Waals surface area contributed by atoms with Crippen molar-refractivity contribution in [1.82, 2.24) is 14.1 Å². The van der Waals surface area contributed by atoms with Gasteiger partial charge in [0.2, 0.25) is 15.9 Å². The molecule has 0 spiro atoms. The fourth-order valence-corrected chi connectivity index (χ4v) is 3.99. The van der Waals surface area contributed by atoms with Crippen LogP contribution in [0.2, 0.25) is 0 Å². The van der Waals surface area contributed by atoms with E-state index in [0.717, 1.165) is 4.68 Å². The van der Waals surface area contributed by atoms with Crippen LogP contribution in [0.1, 0.15) is 23.1 Å². The highest BCUT2D eigenvalue weighted by Crippen LogP contribution is 2.24. The third kappa shape index (κ3) is 2.43. The van der Waals surface area contributed by atoms with Crippen molar-refractivity contribution in [2.45, 2.75) is 25.7 Å². The first-order chi connectivity index (χ1) is 8.85. The smallest absolute Gasteiger partial charge is 0.246 e. The van der Waals surface area contributed by atoms with Gasteiger partial charge in [-0.25, -0.2) is 13.1 Å². The van der Waals surface area contributed by atoms with Gasteiger partial charge in [0.05, 0.1) is 24.6 Å². The molecule has 2 rings (SSSR count). The summed E-state index contributed by atoms with van der Waals surface area (Å²) in [5.41, 5.74) is 0.704. The summed E-state index contributed by atoms with van der Waals surface area (Å²) in [5, 5.41) is 4.00. The van der Waals surface area contributed by atoms with Gasteiger partial charge in [-0.15, -0.1) is 0 Å². The summed E-state index contributed by atoms with van der Waals surface area (Å²) in [6.45, 7) is 5.97. The van der Waals surface area contributed by atoms with E-state index < -0.39 is 10.0 Å². The molecule has 0 bridgehead atoms. The van der Waals surface area contributed by atoms with Gasteiger partial charge >= 0.3 is 0 Å². The molecule has 1 aliphatic heterocycles. The Hall–Kier alpha value is -1.25. The predicted molar refractivity (Wildman–Crippen MR) is 67.6 cm³/mol. The summed E-state index contributed by atoms with van der Waals surface area (Å²) in [6, 6.07) is 0. The van der Waals surface area contributed by atoms with Crippen LogP contribution >= 0.6 is 0 Å². The van der Waals surface area contributed by atoms with Crippen molar-refractivity contribution in [1.29, 1.82) is 0 Å². The Labute approximate surface area is 112 Å². The molecule has 0 radical (unpaired) electrons. The molecular formula is C11H17N3O4S. The zero-order valence-electron chi connectivity index (χ0n) is 11.2. The fraction of sp³-hybridized carbons (Fsp3) is 0.636. The highest BCUT2D eigenvalue weighted by atomic mass is 32.2. The van der Waals surface area contributed by atoms with E-state index in [1.165, 1.54) is 11.2 Å². The number of sulfonamides is 1. The molecule has 0 aromatic carbocycles. The highest BCUT2D eigenvalue weighted by molar-refractivity contribution is 7.89. The molecule has 0 aliphatic carbocycles. The molecule has 1 aromatic heterocycles. The Bertz CT molecular complexity index is 600. The van der Waals surface area contributed by atoms with Gasteiger partial charge in [0, 0.05) is 20.0 Å². The van der Waals surface area contributed by atoms with E-state index in [9.17, 15) is 13.2 Å². The largest absolute Gasteiger partial charge is 0.379 e. The van der Waals surface area contributed by atoms with Crippen LogP contribution in [0.4, 0.5) is 0 Å². The molecule has 0 atom stereocenters. The van der Waals surface area contributed by atoms with Crippen molar-refractivity contribution in [3.05, 3.63) is 11.4 Å². The maximum atomic E-state index is 12.6. The summed E-state index contributed by atoms with van der Waals surface area (Å²) >= 11 is 0. The number of aryl methyl sites for hydroxylation is 1. The lowest BCUT2D eigenvalue weighted by Crippen LogP contribution is -2.41. The van der Waals surface area contributed by atoms with Crippen molar-refractivity contribution in [3.63, 3.8) is 0 Å². The predicted octanol–water partition coefficient (Wildman–Crippen LogP) is 0.181. The lowest BCUT2D eigenvalue weighted by molar-refractivity contribution is 0.0730. The van der Waals surface area contributed by atoms with E-state index in [-0.39, 0.29) is 10.8 Å². The maximum absolute atomic E-state index is 12.6. The van der Waals surface area contributed by atoms with Crippen LogP contribution in [-0.4, -0.2) is 54.7 Å².